The lowest BCUT2D eigenvalue weighted by Gasteiger charge is -2.20. The first-order chi connectivity index (χ1) is 9.61. The van der Waals surface area contributed by atoms with Crippen molar-refractivity contribution in [3.63, 3.8) is 0 Å². The third kappa shape index (κ3) is 3.44. The van der Waals surface area contributed by atoms with E-state index in [-0.39, 0.29) is 17.7 Å². The summed E-state index contributed by atoms with van der Waals surface area (Å²) in [6, 6.07) is 0.646. The lowest BCUT2D eigenvalue weighted by molar-refractivity contribution is -0.140. The van der Waals surface area contributed by atoms with E-state index in [0.717, 1.165) is 4.31 Å². The Hall–Kier alpha value is -1.41. The molecule has 1 N–H and O–H groups in total. The van der Waals surface area contributed by atoms with Gasteiger partial charge >= 0.3 is 5.97 Å². The first-order valence-corrected chi connectivity index (χ1v) is 8.40. The summed E-state index contributed by atoms with van der Waals surface area (Å²) in [6.07, 6.45) is 0.906. The van der Waals surface area contributed by atoms with Gasteiger partial charge in [0.1, 0.15) is 23.2 Å². The Balaban J connectivity index is 2.18. The van der Waals surface area contributed by atoms with Crippen LogP contribution in [0.15, 0.2) is 10.6 Å². The van der Waals surface area contributed by atoms with Crippen LogP contribution in [0.3, 0.4) is 0 Å². The summed E-state index contributed by atoms with van der Waals surface area (Å²) < 4.78 is 30.9. The molecule has 0 aromatic carbocycles. The molecule has 0 aliphatic carbocycles. The highest BCUT2D eigenvalue weighted by atomic mass is 32.2. The first kappa shape index (κ1) is 16.0. The van der Waals surface area contributed by atoms with Crippen molar-refractivity contribution >= 4 is 16.0 Å². The number of hydrogen-bond donors (Lipinski definition) is 1. The van der Waals surface area contributed by atoms with Gasteiger partial charge in [-0.05, 0) is 12.8 Å². The quantitative estimate of drug-likeness (QED) is 0.900. The number of carboxylic acids is 1. The highest BCUT2D eigenvalue weighted by molar-refractivity contribution is 7.88. The molecule has 0 bridgehead atoms. The van der Waals surface area contributed by atoms with Crippen LogP contribution >= 0.6 is 0 Å². The fourth-order valence-electron chi connectivity index (χ4n) is 2.32. The molecule has 0 radical (unpaired) electrons. The van der Waals surface area contributed by atoms with Crippen molar-refractivity contribution in [2.24, 2.45) is 0 Å². The Bertz CT molecular complexity index is 629. The van der Waals surface area contributed by atoms with E-state index in [1.165, 1.54) is 0 Å². The Kier molecular flexibility index (Phi) is 4.12. The van der Waals surface area contributed by atoms with Crippen LogP contribution in [-0.4, -0.2) is 41.5 Å². The van der Waals surface area contributed by atoms with Crippen molar-refractivity contribution in [3.05, 3.63) is 17.5 Å². The molecular weight excluding hydrogens is 296 g/mol. The Morgan fingerprint density at radius 1 is 1.52 bits per heavy atom. The van der Waals surface area contributed by atoms with Crippen LogP contribution < -0.4 is 0 Å². The average Bonchev–Trinajstić information content (AvgIpc) is 2.93. The second kappa shape index (κ2) is 5.42. The minimum atomic E-state index is -3.71. The van der Waals surface area contributed by atoms with Gasteiger partial charge in [-0.25, -0.2) is 8.42 Å². The summed E-state index contributed by atoms with van der Waals surface area (Å²) in [7, 11) is -3.71. The van der Waals surface area contributed by atoms with Crippen LogP contribution in [0, 0.1) is 0 Å². The predicted octanol–water partition coefficient (Wildman–Crippen LogP) is 1.35. The number of aromatic nitrogens is 1. The summed E-state index contributed by atoms with van der Waals surface area (Å²) in [5.41, 5.74) is 0.0441. The Labute approximate surface area is 124 Å². The number of nitrogens with zero attached hydrogens (tertiary/aromatic N) is 2. The van der Waals surface area contributed by atoms with Gasteiger partial charge in [0.25, 0.3) is 0 Å². The van der Waals surface area contributed by atoms with E-state index >= 15 is 0 Å². The van der Waals surface area contributed by atoms with Crippen molar-refractivity contribution in [2.45, 2.75) is 50.8 Å². The largest absolute Gasteiger partial charge is 0.480 e. The van der Waals surface area contributed by atoms with Gasteiger partial charge < -0.3 is 9.63 Å². The highest BCUT2D eigenvalue weighted by Gasteiger charge is 2.39. The molecule has 2 rings (SSSR count). The molecule has 1 fully saturated rings. The van der Waals surface area contributed by atoms with Crippen LogP contribution in [0.2, 0.25) is 0 Å². The van der Waals surface area contributed by atoms with E-state index < -0.39 is 22.0 Å². The van der Waals surface area contributed by atoms with Crippen molar-refractivity contribution in [1.82, 2.24) is 9.46 Å². The maximum atomic E-state index is 12.4. The minimum absolute atomic E-state index is 0.239. The van der Waals surface area contributed by atoms with Gasteiger partial charge in [0.15, 0.2) is 0 Å². The third-order valence-electron chi connectivity index (χ3n) is 3.47. The fraction of sp³-hybridized carbons (Fsp3) is 0.692. The van der Waals surface area contributed by atoms with Crippen LogP contribution in [0.1, 0.15) is 45.1 Å². The number of carbonyl (C=O) groups is 1. The summed E-state index contributed by atoms with van der Waals surface area (Å²) >= 11 is 0. The van der Waals surface area contributed by atoms with Crippen LogP contribution in [-0.2, 0) is 26.0 Å². The van der Waals surface area contributed by atoms with E-state index in [4.69, 9.17) is 9.63 Å². The van der Waals surface area contributed by atoms with Crippen molar-refractivity contribution in [3.8, 4) is 0 Å². The normalized spacial score (nSPS) is 20.8. The van der Waals surface area contributed by atoms with E-state index in [2.05, 4.69) is 5.16 Å². The molecule has 0 unspecified atom stereocenters. The van der Waals surface area contributed by atoms with Crippen LogP contribution in [0.4, 0.5) is 0 Å². The maximum Gasteiger partial charge on any atom is 0.322 e. The van der Waals surface area contributed by atoms with Gasteiger partial charge in [0.05, 0.1) is 0 Å². The summed E-state index contributed by atoms with van der Waals surface area (Å²) in [6.45, 7) is 6.05. The molecule has 2 heterocycles. The number of aliphatic carboxylic acids is 1. The maximum absolute atomic E-state index is 12.4. The van der Waals surface area contributed by atoms with Gasteiger partial charge in [-0.3, -0.25) is 4.79 Å². The van der Waals surface area contributed by atoms with Crippen LogP contribution in [0.5, 0.6) is 0 Å². The highest BCUT2D eigenvalue weighted by Crippen LogP contribution is 2.26. The molecular formula is C13H20N2O5S. The molecule has 21 heavy (non-hydrogen) atoms. The number of carboxylic acid groups (broad SMARTS) is 1. The zero-order valence-electron chi connectivity index (χ0n) is 12.4. The topological polar surface area (TPSA) is 101 Å². The van der Waals surface area contributed by atoms with Crippen molar-refractivity contribution < 1.29 is 22.8 Å². The molecule has 8 heteroatoms. The Morgan fingerprint density at radius 3 is 2.71 bits per heavy atom. The SMILES string of the molecule is CC(C)(C)c1cc(CS(=O)(=O)N2CCC[C@H]2C(=O)O)no1. The van der Waals surface area contributed by atoms with E-state index in [9.17, 15) is 13.2 Å². The molecule has 1 aromatic heterocycles. The molecule has 1 aliphatic heterocycles. The lowest BCUT2D eigenvalue weighted by Crippen LogP contribution is -2.41. The molecule has 0 amide bonds. The molecule has 0 saturated carbocycles. The van der Waals surface area contributed by atoms with Gasteiger partial charge in [-0.15, -0.1) is 0 Å². The summed E-state index contributed by atoms with van der Waals surface area (Å²) in [5.74, 6) is -0.841. The summed E-state index contributed by atoms with van der Waals surface area (Å²) in [5, 5.41) is 12.9. The third-order valence-corrected chi connectivity index (χ3v) is 5.29. The number of sulfonamides is 1. The molecule has 1 saturated heterocycles. The predicted molar refractivity (Wildman–Crippen MR) is 75.2 cm³/mol. The van der Waals surface area contributed by atoms with Crippen molar-refractivity contribution in [1.29, 1.82) is 0 Å². The van der Waals surface area contributed by atoms with Gasteiger partial charge in [0.2, 0.25) is 10.0 Å². The zero-order chi connectivity index (χ0) is 15.8. The van der Waals surface area contributed by atoms with E-state index in [0.29, 0.717) is 24.3 Å². The van der Waals surface area contributed by atoms with Gasteiger partial charge in [0, 0.05) is 18.0 Å². The second-order valence-corrected chi connectivity index (χ2v) is 8.22. The molecule has 7 nitrogen and oxygen atoms in total. The molecule has 118 valence electrons. The average molecular weight is 316 g/mol. The molecule has 1 aromatic rings. The van der Waals surface area contributed by atoms with Crippen molar-refractivity contribution in [2.75, 3.05) is 6.54 Å². The lowest BCUT2D eigenvalue weighted by atomic mass is 9.93. The second-order valence-electron chi connectivity index (χ2n) is 6.30. The molecule has 1 atom stereocenters. The van der Waals surface area contributed by atoms with Crippen LogP contribution in [0.25, 0.3) is 0 Å². The van der Waals surface area contributed by atoms with E-state index in [1.807, 2.05) is 20.8 Å². The standard InChI is InChI=1S/C13H20N2O5S/c1-13(2,3)11-7-9(14-20-11)8-21(18,19)15-6-4-5-10(15)12(16)17/h7,10H,4-6,8H2,1-3H3,(H,16,17)/t10-/m0/s1. The Morgan fingerprint density at radius 2 is 2.19 bits per heavy atom. The summed E-state index contributed by atoms with van der Waals surface area (Å²) in [4.78, 5) is 11.1. The first-order valence-electron chi connectivity index (χ1n) is 6.79. The smallest absolute Gasteiger partial charge is 0.322 e. The molecule has 1 aliphatic rings. The minimum Gasteiger partial charge on any atom is -0.480 e. The van der Waals surface area contributed by atoms with E-state index in [1.54, 1.807) is 6.07 Å². The number of hydrogen-bond acceptors (Lipinski definition) is 5. The van der Waals surface area contributed by atoms with Gasteiger partial charge in [-0.1, -0.05) is 25.9 Å². The monoisotopic (exact) mass is 316 g/mol. The number of rotatable bonds is 4. The van der Waals surface area contributed by atoms with Gasteiger partial charge in [-0.2, -0.15) is 4.31 Å². The zero-order valence-corrected chi connectivity index (χ0v) is 13.2. The molecule has 0 spiro atoms. The fourth-order valence-corrected chi connectivity index (χ4v) is 3.99.